The zero-order valence-electron chi connectivity index (χ0n) is 9.10. The molecule has 1 amide bonds. The highest BCUT2D eigenvalue weighted by molar-refractivity contribution is 7.99. The SMILES string of the molecule is CC(C)N(C=O)C1(C(=O)O)CCSCC1. The monoisotopic (exact) mass is 231 g/mol. The topological polar surface area (TPSA) is 57.6 Å². The van der Waals surface area contributed by atoms with Crippen molar-refractivity contribution in [1.29, 1.82) is 0 Å². The van der Waals surface area contributed by atoms with E-state index in [-0.39, 0.29) is 6.04 Å². The van der Waals surface area contributed by atoms with Crippen LogP contribution in [-0.2, 0) is 9.59 Å². The lowest BCUT2D eigenvalue weighted by Crippen LogP contribution is -2.58. The predicted octanol–water partition coefficient (Wildman–Crippen LogP) is 1.20. The van der Waals surface area contributed by atoms with Crippen LogP contribution in [0.1, 0.15) is 26.7 Å². The molecule has 0 aromatic carbocycles. The van der Waals surface area contributed by atoms with Gasteiger partial charge in [-0.05, 0) is 38.2 Å². The van der Waals surface area contributed by atoms with E-state index in [1.165, 1.54) is 4.90 Å². The van der Waals surface area contributed by atoms with Crippen molar-refractivity contribution < 1.29 is 14.7 Å². The first-order chi connectivity index (χ1) is 7.04. The highest BCUT2D eigenvalue weighted by Crippen LogP contribution is 2.33. The van der Waals surface area contributed by atoms with Crippen molar-refractivity contribution >= 4 is 24.1 Å². The van der Waals surface area contributed by atoms with Crippen molar-refractivity contribution in [3.05, 3.63) is 0 Å². The molecular formula is C10H17NO3S. The van der Waals surface area contributed by atoms with Gasteiger partial charge in [0, 0.05) is 6.04 Å². The third-order valence-corrected chi connectivity index (χ3v) is 3.87. The largest absolute Gasteiger partial charge is 0.479 e. The number of carbonyl (C=O) groups is 2. The van der Waals surface area contributed by atoms with Crippen molar-refractivity contribution in [2.75, 3.05) is 11.5 Å². The summed E-state index contributed by atoms with van der Waals surface area (Å²) in [7, 11) is 0. The molecule has 5 heteroatoms. The molecule has 4 nitrogen and oxygen atoms in total. The van der Waals surface area contributed by atoms with Gasteiger partial charge in [0.1, 0.15) is 5.54 Å². The quantitative estimate of drug-likeness (QED) is 0.739. The summed E-state index contributed by atoms with van der Waals surface area (Å²) in [6.45, 7) is 3.70. The van der Waals surface area contributed by atoms with E-state index in [0.29, 0.717) is 19.3 Å². The van der Waals surface area contributed by atoms with Gasteiger partial charge < -0.3 is 10.0 Å². The molecular weight excluding hydrogens is 214 g/mol. The lowest BCUT2D eigenvalue weighted by Gasteiger charge is -2.43. The van der Waals surface area contributed by atoms with Gasteiger partial charge in [-0.2, -0.15) is 11.8 Å². The number of hydrogen-bond acceptors (Lipinski definition) is 3. The molecule has 1 aliphatic heterocycles. The summed E-state index contributed by atoms with van der Waals surface area (Å²) in [5.74, 6) is 0.746. The Hall–Kier alpha value is -0.710. The third-order valence-electron chi connectivity index (χ3n) is 2.88. The van der Waals surface area contributed by atoms with Crippen molar-refractivity contribution in [3.63, 3.8) is 0 Å². The summed E-state index contributed by atoms with van der Waals surface area (Å²) in [5, 5.41) is 9.33. The van der Waals surface area contributed by atoms with E-state index in [9.17, 15) is 14.7 Å². The number of thioether (sulfide) groups is 1. The molecule has 1 saturated heterocycles. The first-order valence-corrected chi connectivity index (χ1v) is 6.25. The summed E-state index contributed by atoms with van der Waals surface area (Å²) < 4.78 is 0. The smallest absolute Gasteiger partial charge is 0.329 e. The van der Waals surface area contributed by atoms with Crippen LogP contribution in [-0.4, -0.2) is 45.5 Å². The normalized spacial score (nSPS) is 19.9. The Bertz CT molecular complexity index is 249. The Labute approximate surface area is 94.0 Å². The molecule has 0 radical (unpaired) electrons. The highest BCUT2D eigenvalue weighted by atomic mass is 32.2. The molecule has 0 spiro atoms. The van der Waals surface area contributed by atoms with Gasteiger partial charge in [0.25, 0.3) is 0 Å². The lowest BCUT2D eigenvalue weighted by atomic mass is 9.89. The number of carbonyl (C=O) groups excluding carboxylic acids is 1. The molecule has 1 heterocycles. The van der Waals surface area contributed by atoms with Crippen LogP contribution in [0.15, 0.2) is 0 Å². The van der Waals surface area contributed by atoms with Gasteiger partial charge in [0.2, 0.25) is 6.41 Å². The second-order valence-corrected chi connectivity index (χ2v) is 5.28. The lowest BCUT2D eigenvalue weighted by molar-refractivity contribution is -0.157. The maximum atomic E-state index is 11.4. The Balaban J connectivity index is 2.97. The Morgan fingerprint density at radius 1 is 1.47 bits per heavy atom. The molecule has 0 atom stereocenters. The van der Waals surface area contributed by atoms with Gasteiger partial charge in [-0.15, -0.1) is 0 Å². The van der Waals surface area contributed by atoms with E-state index >= 15 is 0 Å². The number of aliphatic carboxylic acids is 1. The van der Waals surface area contributed by atoms with E-state index in [1.54, 1.807) is 11.8 Å². The Morgan fingerprint density at radius 3 is 2.33 bits per heavy atom. The highest BCUT2D eigenvalue weighted by Gasteiger charge is 2.45. The molecule has 1 N–H and O–H groups in total. The second-order valence-electron chi connectivity index (χ2n) is 4.06. The number of hydrogen-bond donors (Lipinski definition) is 1. The van der Waals surface area contributed by atoms with E-state index in [1.807, 2.05) is 13.8 Å². The third kappa shape index (κ3) is 2.27. The minimum atomic E-state index is -0.971. The maximum Gasteiger partial charge on any atom is 0.329 e. The molecule has 1 aliphatic rings. The van der Waals surface area contributed by atoms with E-state index in [4.69, 9.17) is 0 Å². The van der Waals surface area contributed by atoms with Crippen LogP contribution < -0.4 is 0 Å². The maximum absolute atomic E-state index is 11.4. The minimum absolute atomic E-state index is 0.0679. The van der Waals surface area contributed by atoms with Crippen LogP contribution in [0, 0.1) is 0 Å². The summed E-state index contributed by atoms with van der Waals surface area (Å²) in [5.41, 5.74) is -0.971. The molecule has 1 rings (SSSR count). The van der Waals surface area contributed by atoms with Crippen LogP contribution >= 0.6 is 11.8 Å². The van der Waals surface area contributed by atoms with E-state index in [0.717, 1.165) is 11.5 Å². The zero-order valence-corrected chi connectivity index (χ0v) is 9.92. The first kappa shape index (κ1) is 12.4. The van der Waals surface area contributed by atoms with Crippen LogP contribution in [0.2, 0.25) is 0 Å². The van der Waals surface area contributed by atoms with Crippen molar-refractivity contribution in [2.45, 2.75) is 38.3 Å². The molecule has 0 aromatic heterocycles. The zero-order chi connectivity index (χ0) is 11.5. The summed E-state index contributed by atoms with van der Waals surface area (Å²) >= 11 is 1.75. The summed E-state index contributed by atoms with van der Waals surface area (Å²) in [6, 6.07) is -0.0679. The number of carboxylic acid groups (broad SMARTS) is 1. The Morgan fingerprint density at radius 2 is 2.00 bits per heavy atom. The van der Waals surface area contributed by atoms with Crippen LogP contribution in [0.5, 0.6) is 0 Å². The van der Waals surface area contributed by atoms with Gasteiger partial charge in [-0.25, -0.2) is 4.79 Å². The first-order valence-electron chi connectivity index (χ1n) is 5.09. The summed E-state index contributed by atoms with van der Waals surface area (Å²) in [4.78, 5) is 23.8. The standard InChI is InChI=1S/C10H17NO3S/c1-8(2)11(7-12)10(9(13)14)3-5-15-6-4-10/h7-8H,3-6H2,1-2H3,(H,13,14). The molecule has 0 aliphatic carbocycles. The van der Waals surface area contributed by atoms with Crippen molar-refractivity contribution in [3.8, 4) is 0 Å². The number of rotatable bonds is 4. The number of nitrogens with zero attached hydrogens (tertiary/aromatic N) is 1. The fourth-order valence-corrected chi connectivity index (χ4v) is 3.18. The Kier molecular flexibility index (Phi) is 4.02. The molecule has 86 valence electrons. The average Bonchev–Trinajstić information content (AvgIpc) is 2.19. The van der Waals surface area contributed by atoms with Crippen LogP contribution in [0.3, 0.4) is 0 Å². The minimum Gasteiger partial charge on any atom is -0.479 e. The molecule has 15 heavy (non-hydrogen) atoms. The molecule has 0 saturated carbocycles. The van der Waals surface area contributed by atoms with Crippen molar-refractivity contribution in [2.24, 2.45) is 0 Å². The van der Waals surface area contributed by atoms with Gasteiger partial charge in [-0.1, -0.05) is 0 Å². The van der Waals surface area contributed by atoms with Crippen molar-refractivity contribution in [1.82, 2.24) is 4.90 Å². The van der Waals surface area contributed by atoms with Gasteiger partial charge in [0.15, 0.2) is 0 Å². The number of amides is 1. The van der Waals surface area contributed by atoms with E-state index < -0.39 is 11.5 Å². The second kappa shape index (κ2) is 4.88. The molecule has 0 aromatic rings. The fraction of sp³-hybridized carbons (Fsp3) is 0.800. The average molecular weight is 231 g/mol. The predicted molar refractivity (Wildman–Crippen MR) is 60.0 cm³/mol. The molecule has 0 unspecified atom stereocenters. The van der Waals surface area contributed by atoms with Gasteiger partial charge in [0.05, 0.1) is 0 Å². The molecule has 0 bridgehead atoms. The van der Waals surface area contributed by atoms with Gasteiger partial charge >= 0.3 is 5.97 Å². The molecule has 1 fully saturated rings. The van der Waals surface area contributed by atoms with Crippen LogP contribution in [0.25, 0.3) is 0 Å². The van der Waals surface area contributed by atoms with Crippen LogP contribution in [0.4, 0.5) is 0 Å². The number of carboxylic acids is 1. The van der Waals surface area contributed by atoms with Gasteiger partial charge in [-0.3, -0.25) is 4.79 Å². The fourth-order valence-electron chi connectivity index (χ4n) is 2.01. The van der Waals surface area contributed by atoms with E-state index in [2.05, 4.69) is 0 Å². The summed E-state index contributed by atoms with van der Waals surface area (Å²) in [6.07, 6.45) is 1.77.